The van der Waals surface area contributed by atoms with E-state index in [0.717, 1.165) is 17.0 Å². The maximum absolute atomic E-state index is 13.4. The fourth-order valence-electron chi connectivity index (χ4n) is 4.12. The summed E-state index contributed by atoms with van der Waals surface area (Å²) in [5.41, 5.74) is 1.24. The highest BCUT2D eigenvalue weighted by molar-refractivity contribution is 8.00. The molecule has 0 unspecified atom stereocenters. The number of fused-ring (bicyclic) bond motifs is 1. The number of carbonyl (C=O) groups is 1. The predicted octanol–water partition coefficient (Wildman–Crippen LogP) is 4.67. The van der Waals surface area contributed by atoms with Crippen LogP contribution in [0, 0.1) is 0 Å². The van der Waals surface area contributed by atoms with Crippen molar-refractivity contribution in [3.63, 3.8) is 0 Å². The molecule has 2 aliphatic rings. The van der Waals surface area contributed by atoms with Gasteiger partial charge in [-0.25, -0.2) is 8.42 Å². The van der Waals surface area contributed by atoms with Gasteiger partial charge in [-0.2, -0.15) is 4.31 Å². The van der Waals surface area contributed by atoms with Crippen LogP contribution in [0.5, 0.6) is 0 Å². The van der Waals surface area contributed by atoms with Crippen LogP contribution < -0.4 is 4.90 Å². The minimum absolute atomic E-state index is 0.162. The summed E-state index contributed by atoms with van der Waals surface area (Å²) in [6.45, 7) is 7.08. The Kier molecular flexibility index (Phi) is 6.89. The van der Waals surface area contributed by atoms with Gasteiger partial charge in [-0.05, 0) is 62.7 Å². The molecule has 0 aliphatic carbocycles. The highest BCUT2D eigenvalue weighted by Crippen LogP contribution is 2.39. The fraction of sp³-hybridized carbons (Fsp3) is 0.435. The molecule has 2 aliphatic heterocycles. The molecule has 4 rings (SSSR count). The third-order valence-corrected chi connectivity index (χ3v) is 8.99. The molecule has 0 bridgehead atoms. The van der Waals surface area contributed by atoms with Crippen LogP contribution in [0.15, 0.2) is 52.3 Å². The van der Waals surface area contributed by atoms with Crippen LogP contribution in [0.4, 0.5) is 5.69 Å². The van der Waals surface area contributed by atoms with Crippen LogP contribution in [0.25, 0.3) is 0 Å². The van der Waals surface area contributed by atoms with Crippen molar-refractivity contribution in [3.05, 3.63) is 53.1 Å². The lowest BCUT2D eigenvalue weighted by atomic mass is 10.1. The lowest BCUT2D eigenvalue weighted by Gasteiger charge is -2.34. The molecule has 1 amide bonds. The first-order chi connectivity index (χ1) is 15.1. The van der Waals surface area contributed by atoms with Crippen LogP contribution in [0.2, 0.25) is 5.02 Å². The molecule has 2 aromatic carbocycles. The molecule has 1 saturated heterocycles. The van der Waals surface area contributed by atoms with E-state index in [9.17, 15) is 13.2 Å². The van der Waals surface area contributed by atoms with Crippen LogP contribution in [0.3, 0.4) is 0 Å². The average Bonchev–Trinajstić information content (AvgIpc) is 2.90. The number of amides is 1. The van der Waals surface area contributed by atoms with Crippen molar-refractivity contribution in [3.8, 4) is 0 Å². The molecular weight excluding hydrogens is 468 g/mol. The van der Waals surface area contributed by atoms with Crippen molar-refractivity contribution >= 4 is 45.0 Å². The van der Waals surface area contributed by atoms with Crippen molar-refractivity contribution in [2.75, 3.05) is 24.5 Å². The second-order valence-corrected chi connectivity index (χ2v) is 12.2. The van der Waals surface area contributed by atoms with Gasteiger partial charge in [0.2, 0.25) is 10.0 Å². The summed E-state index contributed by atoms with van der Waals surface area (Å²) >= 11 is 7.95. The number of nitrogens with zero attached hydrogens (tertiary/aromatic N) is 2. The number of hydrogen-bond acceptors (Lipinski definition) is 5. The number of hydrogen-bond donors (Lipinski definition) is 0. The summed E-state index contributed by atoms with van der Waals surface area (Å²) in [5.74, 6) is -0.166. The highest BCUT2D eigenvalue weighted by Gasteiger charge is 2.32. The molecular formula is C23H27ClN2O4S2. The van der Waals surface area contributed by atoms with Crippen molar-refractivity contribution < 1.29 is 17.9 Å². The Hall–Kier alpha value is -1.58. The normalized spacial score (nSPS) is 24.6. The van der Waals surface area contributed by atoms with Gasteiger partial charge in [-0.1, -0.05) is 18.5 Å². The van der Waals surface area contributed by atoms with E-state index >= 15 is 0 Å². The Morgan fingerprint density at radius 2 is 1.72 bits per heavy atom. The maximum atomic E-state index is 13.4. The second kappa shape index (κ2) is 9.35. The van der Waals surface area contributed by atoms with Crippen molar-refractivity contribution in [2.45, 2.75) is 54.4 Å². The zero-order valence-corrected chi connectivity index (χ0v) is 20.7. The third-order valence-electron chi connectivity index (χ3n) is 5.67. The molecule has 0 N–H and O–H groups in total. The summed E-state index contributed by atoms with van der Waals surface area (Å²) in [6, 6.07) is 11.8. The smallest absolute Gasteiger partial charge is 0.258 e. The topological polar surface area (TPSA) is 66.9 Å². The molecule has 0 aromatic heterocycles. The Balaban J connectivity index is 1.59. The molecule has 1 fully saturated rings. The standard InChI is InChI=1S/C23H27ClN2O4S2/c1-15-13-25(14-16(2)30-15)32(28,29)20-7-4-18(5-8-20)23(27)26-11-10-17(3)31-22-9-6-19(24)12-21(22)26/h4-9,12,15-17H,10-11,13-14H2,1-3H3/t15-,16-,17-/m1/s1. The molecule has 0 saturated carbocycles. The quantitative estimate of drug-likeness (QED) is 0.620. The van der Waals surface area contributed by atoms with Gasteiger partial charge in [-0.15, -0.1) is 11.8 Å². The van der Waals surface area contributed by atoms with E-state index in [0.29, 0.717) is 35.5 Å². The van der Waals surface area contributed by atoms with Crippen LogP contribution in [-0.2, 0) is 14.8 Å². The molecule has 0 radical (unpaired) electrons. The van der Waals surface area contributed by atoms with Gasteiger partial charge >= 0.3 is 0 Å². The number of ether oxygens (including phenoxy) is 1. The molecule has 32 heavy (non-hydrogen) atoms. The van der Waals surface area contributed by atoms with Crippen LogP contribution in [-0.4, -0.2) is 55.7 Å². The van der Waals surface area contributed by atoms with Crippen LogP contribution >= 0.6 is 23.4 Å². The number of rotatable bonds is 3. The van der Waals surface area contributed by atoms with E-state index in [1.54, 1.807) is 28.8 Å². The Bertz CT molecular complexity index is 1100. The number of anilines is 1. The van der Waals surface area contributed by atoms with Crippen molar-refractivity contribution in [1.82, 2.24) is 4.31 Å². The number of sulfonamides is 1. The number of halogens is 1. The summed E-state index contributed by atoms with van der Waals surface area (Å²) in [4.78, 5) is 16.3. The first-order valence-corrected chi connectivity index (χ1v) is 13.4. The third kappa shape index (κ3) is 4.84. The molecule has 2 heterocycles. The largest absolute Gasteiger partial charge is 0.373 e. The summed E-state index contributed by atoms with van der Waals surface area (Å²) in [5, 5.41) is 0.950. The van der Waals surface area contributed by atoms with Gasteiger partial charge in [0, 0.05) is 40.4 Å². The average molecular weight is 495 g/mol. The molecule has 0 spiro atoms. The predicted molar refractivity (Wildman–Crippen MR) is 128 cm³/mol. The Morgan fingerprint density at radius 1 is 1.06 bits per heavy atom. The van der Waals surface area contributed by atoms with Gasteiger partial charge in [0.15, 0.2) is 0 Å². The van der Waals surface area contributed by atoms with E-state index in [4.69, 9.17) is 16.3 Å². The first-order valence-electron chi connectivity index (χ1n) is 10.7. The number of morpholine rings is 1. The van der Waals surface area contributed by atoms with Crippen LogP contribution in [0.1, 0.15) is 37.6 Å². The van der Waals surface area contributed by atoms with E-state index in [-0.39, 0.29) is 23.0 Å². The number of carbonyl (C=O) groups excluding carboxylic acids is 1. The molecule has 2 aromatic rings. The Morgan fingerprint density at radius 3 is 2.38 bits per heavy atom. The monoisotopic (exact) mass is 494 g/mol. The minimum atomic E-state index is -3.65. The summed E-state index contributed by atoms with van der Waals surface area (Å²) in [6.07, 6.45) is 0.525. The van der Waals surface area contributed by atoms with Gasteiger partial charge in [0.05, 0.1) is 22.8 Å². The maximum Gasteiger partial charge on any atom is 0.258 e. The number of benzene rings is 2. The number of thioether (sulfide) groups is 1. The Labute approximate surface area is 198 Å². The summed E-state index contributed by atoms with van der Waals surface area (Å²) < 4.78 is 33.3. The molecule has 172 valence electrons. The van der Waals surface area contributed by atoms with Crippen molar-refractivity contribution in [1.29, 1.82) is 0 Å². The SMILES string of the molecule is C[C@@H]1CN(S(=O)(=O)c2ccc(C(=O)N3CC[C@@H](C)Sc4ccc(Cl)cc43)cc2)C[C@@H](C)O1. The first kappa shape index (κ1) is 23.6. The lowest BCUT2D eigenvalue weighted by molar-refractivity contribution is -0.0440. The molecule has 9 heteroatoms. The van der Waals surface area contributed by atoms with E-state index in [1.165, 1.54) is 16.4 Å². The van der Waals surface area contributed by atoms with E-state index < -0.39 is 10.0 Å². The molecule has 6 nitrogen and oxygen atoms in total. The van der Waals surface area contributed by atoms with Gasteiger partial charge in [0.25, 0.3) is 5.91 Å². The zero-order chi connectivity index (χ0) is 23.0. The minimum Gasteiger partial charge on any atom is -0.373 e. The van der Waals surface area contributed by atoms with Gasteiger partial charge in [0.1, 0.15) is 0 Å². The fourth-order valence-corrected chi connectivity index (χ4v) is 6.97. The molecule has 3 atom stereocenters. The highest BCUT2D eigenvalue weighted by atomic mass is 35.5. The van der Waals surface area contributed by atoms with Gasteiger partial charge < -0.3 is 9.64 Å². The van der Waals surface area contributed by atoms with Crippen molar-refractivity contribution in [2.24, 2.45) is 0 Å². The van der Waals surface area contributed by atoms with E-state index in [1.807, 2.05) is 32.0 Å². The summed E-state index contributed by atoms with van der Waals surface area (Å²) in [7, 11) is -3.65. The van der Waals surface area contributed by atoms with E-state index in [2.05, 4.69) is 6.92 Å². The zero-order valence-electron chi connectivity index (χ0n) is 18.3. The van der Waals surface area contributed by atoms with Gasteiger partial charge in [-0.3, -0.25) is 4.79 Å². The second-order valence-electron chi connectivity index (χ2n) is 8.39. The lowest BCUT2D eigenvalue weighted by Crippen LogP contribution is -2.48.